The Morgan fingerprint density at radius 3 is 2.59 bits per heavy atom. The minimum atomic E-state index is -1.26. The van der Waals surface area contributed by atoms with Crippen molar-refractivity contribution in [1.82, 2.24) is 5.32 Å². The third-order valence-corrected chi connectivity index (χ3v) is 4.43. The van der Waals surface area contributed by atoms with Crippen LogP contribution in [0.25, 0.3) is 0 Å². The van der Waals surface area contributed by atoms with E-state index in [1.165, 1.54) is 4.90 Å². The predicted octanol–water partition coefficient (Wildman–Crippen LogP) is 0.331. The Bertz CT molecular complexity index is 582. The Balaban J connectivity index is 1.95. The standard InChI is InChI=1S/C13H14Cl2N2O5/c14-5-2-1-3-6(15)9(5)17-12-8(16-13(17)21)10(20)11(22-12)7(19)4-18/h1-3,7-8,10-12,18-20H,4H2,(H,16,21)/t7-,8-,10-,11-,12+/m1/s1. The summed E-state index contributed by atoms with van der Waals surface area (Å²) in [5.41, 5.74) is 0.266. The number of ether oxygens (including phenoxy) is 1. The SMILES string of the molecule is O=C1N[C@@H]2[C@@H](O)[C@@H]([C@H](O)CO)O[C@@H]2N1c1c(Cl)cccc1Cl. The number of benzene rings is 1. The number of hydrogen-bond donors (Lipinski definition) is 4. The lowest BCUT2D eigenvalue weighted by atomic mass is 10.0. The number of carbonyl (C=O) groups excluding carboxylic acids is 1. The van der Waals surface area contributed by atoms with Crippen molar-refractivity contribution in [1.29, 1.82) is 0 Å². The molecule has 1 aromatic rings. The second-order valence-corrected chi connectivity index (χ2v) is 5.96. The van der Waals surface area contributed by atoms with Crippen LogP contribution in [0.1, 0.15) is 0 Å². The van der Waals surface area contributed by atoms with Crippen molar-refractivity contribution in [2.75, 3.05) is 11.5 Å². The van der Waals surface area contributed by atoms with Crippen LogP contribution in [0.5, 0.6) is 0 Å². The van der Waals surface area contributed by atoms with Crippen LogP contribution in [0, 0.1) is 0 Å². The van der Waals surface area contributed by atoms with Crippen molar-refractivity contribution >= 4 is 34.9 Å². The van der Waals surface area contributed by atoms with Gasteiger partial charge in [-0.3, -0.25) is 4.90 Å². The molecule has 9 heteroatoms. The van der Waals surface area contributed by atoms with Gasteiger partial charge in [0.15, 0.2) is 6.23 Å². The topological polar surface area (TPSA) is 102 Å². The van der Waals surface area contributed by atoms with Crippen LogP contribution in [0.15, 0.2) is 18.2 Å². The second-order valence-electron chi connectivity index (χ2n) is 5.15. The summed E-state index contributed by atoms with van der Waals surface area (Å²) < 4.78 is 5.56. The fourth-order valence-electron chi connectivity index (χ4n) is 2.78. The van der Waals surface area contributed by atoms with Crippen LogP contribution >= 0.6 is 23.2 Å². The highest BCUT2D eigenvalue weighted by atomic mass is 35.5. The van der Waals surface area contributed by atoms with E-state index in [1.807, 2.05) is 0 Å². The van der Waals surface area contributed by atoms with Gasteiger partial charge in [-0.15, -0.1) is 0 Å². The van der Waals surface area contributed by atoms with Crippen molar-refractivity contribution in [2.45, 2.75) is 30.6 Å². The van der Waals surface area contributed by atoms with Gasteiger partial charge in [-0.05, 0) is 12.1 Å². The molecule has 2 saturated heterocycles. The van der Waals surface area contributed by atoms with Gasteiger partial charge < -0.3 is 25.4 Å². The zero-order valence-corrected chi connectivity index (χ0v) is 12.7. The number of halogens is 2. The summed E-state index contributed by atoms with van der Waals surface area (Å²) in [6.07, 6.45) is -4.33. The normalized spacial score (nSPS) is 32.0. The third-order valence-electron chi connectivity index (χ3n) is 3.82. The van der Waals surface area contributed by atoms with Gasteiger partial charge in [-0.25, -0.2) is 4.79 Å². The van der Waals surface area contributed by atoms with Crippen LogP contribution in [0.4, 0.5) is 10.5 Å². The quantitative estimate of drug-likeness (QED) is 0.630. The number of nitrogens with one attached hydrogen (secondary N) is 1. The van der Waals surface area contributed by atoms with Crippen LogP contribution in [0.2, 0.25) is 10.0 Å². The molecule has 3 rings (SSSR count). The Morgan fingerprint density at radius 1 is 1.36 bits per heavy atom. The molecule has 0 radical (unpaired) electrons. The van der Waals surface area contributed by atoms with E-state index in [-0.39, 0.29) is 15.7 Å². The van der Waals surface area contributed by atoms with E-state index in [2.05, 4.69) is 5.32 Å². The lowest BCUT2D eigenvalue weighted by molar-refractivity contribution is -0.0804. The summed E-state index contributed by atoms with van der Waals surface area (Å²) >= 11 is 12.2. The molecule has 0 spiro atoms. The number of aliphatic hydroxyl groups excluding tert-OH is 3. The molecule has 1 aromatic carbocycles. The number of nitrogens with zero attached hydrogens (tertiary/aromatic N) is 1. The smallest absolute Gasteiger partial charge is 0.324 e. The molecular weight excluding hydrogens is 335 g/mol. The molecule has 2 aliphatic heterocycles. The van der Waals surface area contributed by atoms with Crippen molar-refractivity contribution < 1.29 is 24.9 Å². The van der Waals surface area contributed by atoms with E-state index in [0.29, 0.717) is 0 Å². The van der Waals surface area contributed by atoms with E-state index in [4.69, 9.17) is 33.0 Å². The monoisotopic (exact) mass is 348 g/mol. The van der Waals surface area contributed by atoms with E-state index >= 15 is 0 Å². The number of amides is 2. The molecule has 2 heterocycles. The fraction of sp³-hybridized carbons (Fsp3) is 0.462. The Morgan fingerprint density at radius 2 is 2.00 bits per heavy atom. The van der Waals surface area contributed by atoms with Crippen LogP contribution in [-0.4, -0.2) is 58.5 Å². The van der Waals surface area contributed by atoms with Gasteiger partial charge in [0.2, 0.25) is 0 Å². The van der Waals surface area contributed by atoms with Gasteiger partial charge in [0, 0.05) is 0 Å². The first-order valence-corrected chi connectivity index (χ1v) is 7.37. The summed E-state index contributed by atoms with van der Waals surface area (Å²) in [6.45, 7) is -0.567. The molecule has 0 bridgehead atoms. The Kier molecular flexibility index (Phi) is 4.19. The Labute approximate surface area is 136 Å². The third kappa shape index (κ3) is 2.34. The summed E-state index contributed by atoms with van der Waals surface area (Å²) in [7, 11) is 0. The summed E-state index contributed by atoms with van der Waals surface area (Å²) in [5.74, 6) is 0. The summed E-state index contributed by atoms with van der Waals surface area (Å²) in [4.78, 5) is 13.4. The molecule has 4 N–H and O–H groups in total. The zero-order valence-electron chi connectivity index (χ0n) is 11.2. The van der Waals surface area contributed by atoms with Crippen LogP contribution < -0.4 is 10.2 Å². The number of aliphatic hydroxyl groups is 3. The number of anilines is 1. The molecular formula is C13H14Cl2N2O5. The molecule has 7 nitrogen and oxygen atoms in total. The van der Waals surface area contributed by atoms with Crippen molar-refractivity contribution in [3.63, 3.8) is 0 Å². The molecule has 2 aliphatic rings. The lowest BCUT2D eigenvalue weighted by Gasteiger charge is -2.26. The molecule has 5 atom stereocenters. The van der Waals surface area contributed by atoms with Crippen molar-refractivity contribution in [3.05, 3.63) is 28.2 Å². The first kappa shape index (κ1) is 15.8. The fourth-order valence-corrected chi connectivity index (χ4v) is 3.35. The average molecular weight is 349 g/mol. The van der Waals surface area contributed by atoms with E-state index < -0.39 is 43.2 Å². The maximum atomic E-state index is 12.2. The molecule has 120 valence electrons. The first-order valence-electron chi connectivity index (χ1n) is 6.62. The van der Waals surface area contributed by atoms with E-state index in [1.54, 1.807) is 18.2 Å². The number of hydrogen-bond acceptors (Lipinski definition) is 5. The molecule has 0 aliphatic carbocycles. The predicted molar refractivity (Wildman–Crippen MR) is 79.0 cm³/mol. The van der Waals surface area contributed by atoms with Crippen molar-refractivity contribution in [2.24, 2.45) is 0 Å². The molecule has 0 unspecified atom stereocenters. The van der Waals surface area contributed by atoms with Gasteiger partial charge in [0.1, 0.15) is 24.4 Å². The minimum absolute atomic E-state index is 0.257. The van der Waals surface area contributed by atoms with E-state index in [9.17, 15) is 15.0 Å². The minimum Gasteiger partial charge on any atom is -0.394 e. The summed E-state index contributed by atoms with van der Waals surface area (Å²) in [5, 5.41) is 32.0. The van der Waals surface area contributed by atoms with Gasteiger partial charge >= 0.3 is 6.03 Å². The summed E-state index contributed by atoms with van der Waals surface area (Å²) in [6, 6.07) is 3.53. The first-order chi connectivity index (χ1) is 10.5. The van der Waals surface area contributed by atoms with E-state index in [0.717, 1.165) is 0 Å². The van der Waals surface area contributed by atoms with Crippen LogP contribution in [0.3, 0.4) is 0 Å². The highest BCUT2D eigenvalue weighted by Gasteiger charge is 2.55. The maximum absolute atomic E-state index is 12.2. The molecule has 0 aromatic heterocycles. The molecule has 22 heavy (non-hydrogen) atoms. The van der Waals surface area contributed by atoms with Gasteiger partial charge in [-0.2, -0.15) is 0 Å². The van der Waals surface area contributed by atoms with Gasteiger partial charge in [-0.1, -0.05) is 29.3 Å². The zero-order chi connectivity index (χ0) is 16.0. The van der Waals surface area contributed by atoms with Gasteiger partial charge in [0.05, 0.1) is 22.3 Å². The van der Waals surface area contributed by atoms with Crippen LogP contribution in [-0.2, 0) is 4.74 Å². The second kappa shape index (κ2) is 5.84. The van der Waals surface area contributed by atoms with Crippen molar-refractivity contribution in [3.8, 4) is 0 Å². The number of rotatable bonds is 3. The van der Waals surface area contributed by atoms with Gasteiger partial charge in [0.25, 0.3) is 0 Å². The number of fused-ring (bicyclic) bond motifs is 1. The number of urea groups is 1. The number of para-hydroxylation sites is 1. The molecule has 2 fully saturated rings. The molecule has 0 saturated carbocycles. The number of carbonyl (C=O) groups is 1. The average Bonchev–Trinajstić information content (AvgIpc) is 2.96. The lowest BCUT2D eigenvalue weighted by Crippen LogP contribution is -2.45. The highest BCUT2D eigenvalue weighted by molar-refractivity contribution is 6.40. The maximum Gasteiger partial charge on any atom is 0.324 e. The largest absolute Gasteiger partial charge is 0.394 e. The molecule has 2 amide bonds. The highest BCUT2D eigenvalue weighted by Crippen LogP contribution is 2.40. The Hall–Kier alpha value is -1.09.